The first-order valence-electron chi connectivity index (χ1n) is 10.9. The molecule has 0 saturated heterocycles. The van der Waals surface area contributed by atoms with E-state index in [0.29, 0.717) is 22.4 Å². The lowest BCUT2D eigenvalue weighted by molar-refractivity contribution is -0.0167. The Morgan fingerprint density at radius 2 is 1.40 bits per heavy atom. The summed E-state index contributed by atoms with van der Waals surface area (Å²) in [6.45, 7) is 0. The SMILES string of the molecule is O=C(NC12CC3CC(CC(C3)C1)C2)c1cccc(N2C(=O)c3ccccc3C2=O)c1. The Labute approximate surface area is 175 Å². The van der Waals surface area contributed by atoms with Gasteiger partial charge in [-0.15, -0.1) is 0 Å². The molecule has 2 aromatic carbocycles. The van der Waals surface area contributed by atoms with E-state index in [2.05, 4.69) is 5.32 Å². The van der Waals surface area contributed by atoms with Crippen LogP contribution in [0.4, 0.5) is 5.69 Å². The van der Waals surface area contributed by atoms with Gasteiger partial charge in [0.25, 0.3) is 17.7 Å². The fourth-order valence-electron chi connectivity index (χ4n) is 6.79. The Kier molecular flexibility index (Phi) is 3.74. The predicted molar refractivity (Wildman–Crippen MR) is 112 cm³/mol. The largest absolute Gasteiger partial charge is 0.347 e. The van der Waals surface area contributed by atoms with Gasteiger partial charge in [-0.1, -0.05) is 18.2 Å². The summed E-state index contributed by atoms with van der Waals surface area (Å²) in [5.74, 6) is 1.47. The van der Waals surface area contributed by atoms with Gasteiger partial charge in [0.2, 0.25) is 0 Å². The van der Waals surface area contributed by atoms with Gasteiger partial charge in [0.1, 0.15) is 0 Å². The second-order valence-corrected chi connectivity index (χ2v) is 9.69. The molecular weight excluding hydrogens is 376 g/mol. The van der Waals surface area contributed by atoms with Crippen molar-refractivity contribution < 1.29 is 14.4 Å². The second kappa shape index (κ2) is 6.27. The Morgan fingerprint density at radius 1 is 0.833 bits per heavy atom. The molecule has 1 N–H and O–H groups in total. The number of nitrogens with one attached hydrogen (secondary N) is 1. The number of fused-ring (bicyclic) bond motifs is 1. The van der Waals surface area contributed by atoms with E-state index in [0.717, 1.165) is 37.0 Å². The maximum atomic E-state index is 13.2. The molecule has 5 nitrogen and oxygen atoms in total. The fraction of sp³-hybridized carbons (Fsp3) is 0.400. The molecule has 0 aromatic heterocycles. The average molecular weight is 400 g/mol. The second-order valence-electron chi connectivity index (χ2n) is 9.69. The van der Waals surface area contributed by atoms with Crippen molar-refractivity contribution in [3.05, 3.63) is 65.2 Å². The van der Waals surface area contributed by atoms with Gasteiger partial charge >= 0.3 is 0 Å². The standard InChI is InChI=1S/C25H24N2O3/c28-22(26-25-12-15-8-16(13-25)10-17(9-15)14-25)18-4-3-5-19(11-18)27-23(29)20-6-1-2-7-21(20)24(27)30/h1-7,11,15-17H,8-10,12-14H2,(H,26,28). The van der Waals surface area contributed by atoms with Crippen LogP contribution in [-0.4, -0.2) is 23.3 Å². The number of carbonyl (C=O) groups is 3. The molecule has 5 aliphatic rings. The van der Waals surface area contributed by atoms with Crippen molar-refractivity contribution in [2.24, 2.45) is 17.8 Å². The van der Waals surface area contributed by atoms with E-state index in [9.17, 15) is 14.4 Å². The topological polar surface area (TPSA) is 66.5 Å². The molecule has 4 bridgehead atoms. The number of imide groups is 1. The van der Waals surface area contributed by atoms with Crippen LogP contribution in [-0.2, 0) is 0 Å². The van der Waals surface area contributed by atoms with Gasteiger partial charge in [-0.25, -0.2) is 4.90 Å². The molecule has 3 amide bonds. The van der Waals surface area contributed by atoms with Crippen molar-refractivity contribution in [3.63, 3.8) is 0 Å². The number of carbonyl (C=O) groups excluding carboxylic acids is 3. The lowest BCUT2D eigenvalue weighted by Crippen LogP contribution is -2.59. The van der Waals surface area contributed by atoms with Crippen molar-refractivity contribution in [2.45, 2.75) is 44.1 Å². The van der Waals surface area contributed by atoms with Crippen molar-refractivity contribution in [1.82, 2.24) is 5.32 Å². The van der Waals surface area contributed by atoms with E-state index in [-0.39, 0.29) is 23.3 Å². The summed E-state index contributed by atoms with van der Waals surface area (Å²) in [7, 11) is 0. The van der Waals surface area contributed by atoms with Gasteiger partial charge in [-0.3, -0.25) is 14.4 Å². The summed E-state index contributed by atoms with van der Waals surface area (Å²) < 4.78 is 0. The molecule has 1 heterocycles. The van der Waals surface area contributed by atoms with E-state index < -0.39 is 0 Å². The molecule has 1 aliphatic heterocycles. The highest BCUT2D eigenvalue weighted by molar-refractivity contribution is 6.34. The number of rotatable bonds is 3. The third-order valence-corrected chi connectivity index (χ3v) is 7.58. The lowest BCUT2D eigenvalue weighted by atomic mass is 9.53. The molecule has 7 rings (SSSR count). The van der Waals surface area contributed by atoms with E-state index >= 15 is 0 Å². The van der Waals surface area contributed by atoms with Crippen LogP contribution in [0, 0.1) is 17.8 Å². The van der Waals surface area contributed by atoms with Crippen molar-refractivity contribution in [2.75, 3.05) is 4.90 Å². The van der Waals surface area contributed by atoms with E-state index in [1.807, 2.05) is 0 Å². The van der Waals surface area contributed by atoms with Gasteiger partial charge < -0.3 is 5.32 Å². The molecule has 0 atom stereocenters. The van der Waals surface area contributed by atoms with Crippen LogP contribution >= 0.6 is 0 Å². The monoisotopic (exact) mass is 400 g/mol. The molecule has 30 heavy (non-hydrogen) atoms. The summed E-state index contributed by atoms with van der Waals surface area (Å²) >= 11 is 0. The molecule has 0 radical (unpaired) electrons. The first-order chi connectivity index (χ1) is 14.5. The summed E-state index contributed by atoms with van der Waals surface area (Å²) in [6.07, 6.45) is 7.23. The minimum Gasteiger partial charge on any atom is -0.347 e. The molecule has 4 saturated carbocycles. The van der Waals surface area contributed by atoms with E-state index in [1.54, 1.807) is 48.5 Å². The number of benzene rings is 2. The molecule has 2 aromatic rings. The number of nitrogens with zero attached hydrogens (tertiary/aromatic N) is 1. The third-order valence-electron chi connectivity index (χ3n) is 7.58. The fourth-order valence-corrected chi connectivity index (χ4v) is 6.79. The molecule has 4 aliphatic carbocycles. The zero-order chi connectivity index (χ0) is 20.5. The molecule has 0 unspecified atom stereocenters. The summed E-state index contributed by atoms with van der Waals surface area (Å²) in [5, 5.41) is 3.37. The zero-order valence-corrected chi connectivity index (χ0v) is 16.8. The molecule has 0 spiro atoms. The number of hydrogen-bond acceptors (Lipinski definition) is 3. The average Bonchev–Trinajstić information content (AvgIpc) is 2.97. The highest BCUT2D eigenvalue weighted by atomic mass is 16.2. The predicted octanol–water partition coefficient (Wildman–Crippen LogP) is 4.19. The summed E-state index contributed by atoms with van der Waals surface area (Å²) in [5.41, 5.74) is 1.69. The maximum absolute atomic E-state index is 13.2. The molecule has 4 fully saturated rings. The quantitative estimate of drug-likeness (QED) is 0.786. The highest BCUT2D eigenvalue weighted by Gasteiger charge is 2.51. The van der Waals surface area contributed by atoms with Crippen LogP contribution in [0.25, 0.3) is 0 Å². The summed E-state index contributed by atoms with van der Waals surface area (Å²) in [4.78, 5) is 39.9. The van der Waals surface area contributed by atoms with Crippen LogP contribution in [0.2, 0.25) is 0 Å². The minimum atomic E-state index is -0.339. The first-order valence-corrected chi connectivity index (χ1v) is 10.9. The number of hydrogen-bond donors (Lipinski definition) is 1. The van der Waals surface area contributed by atoms with E-state index in [1.165, 1.54) is 24.2 Å². The summed E-state index contributed by atoms with van der Waals surface area (Å²) in [6, 6.07) is 13.7. The lowest BCUT2D eigenvalue weighted by Gasteiger charge is -2.56. The van der Waals surface area contributed by atoms with Gasteiger partial charge in [-0.05, 0) is 86.6 Å². The molecule has 152 valence electrons. The van der Waals surface area contributed by atoms with Crippen LogP contribution in [0.15, 0.2) is 48.5 Å². The van der Waals surface area contributed by atoms with Crippen LogP contribution < -0.4 is 10.2 Å². The minimum absolute atomic E-state index is 0.0721. The van der Waals surface area contributed by atoms with Crippen molar-refractivity contribution in [3.8, 4) is 0 Å². The number of anilines is 1. The Balaban J connectivity index is 1.27. The highest BCUT2D eigenvalue weighted by Crippen LogP contribution is 2.55. The Bertz CT molecular complexity index is 1020. The van der Waals surface area contributed by atoms with Gasteiger partial charge in [0.05, 0.1) is 16.8 Å². The van der Waals surface area contributed by atoms with Crippen LogP contribution in [0.1, 0.15) is 69.6 Å². The van der Waals surface area contributed by atoms with Crippen molar-refractivity contribution >= 4 is 23.4 Å². The van der Waals surface area contributed by atoms with Crippen LogP contribution in [0.5, 0.6) is 0 Å². The molecule has 5 heteroatoms. The molecular formula is C25H24N2O3. The van der Waals surface area contributed by atoms with E-state index in [4.69, 9.17) is 0 Å². The maximum Gasteiger partial charge on any atom is 0.266 e. The zero-order valence-electron chi connectivity index (χ0n) is 16.8. The first kappa shape index (κ1) is 17.9. The van der Waals surface area contributed by atoms with Crippen molar-refractivity contribution in [1.29, 1.82) is 0 Å². The van der Waals surface area contributed by atoms with Gasteiger partial charge in [0.15, 0.2) is 0 Å². The third kappa shape index (κ3) is 2.64. The Hall–Kier alpha value is -2.95. The van der Waals surface area contributed by atoms with Crippen LogP contribution in [0.3, 0.4) is 0 Å². The normalized spacial score (nSPS) is 31.2. The van der Waals surface area contributed by atoms with Gasteiger partial charge in [-0.2, -0.15) is 0 Å². The van der Waals surface area contributed by atoms with Gasteiger partial charge in [0, 0.05) is 11.1 Å². The Morgan fingerprint density at radius 3 is 1.97 bits per heavy atom. The smallest absolute Gasteiger partial charge is 0.266 e. The number of amides is 3.